The number of ether oxygens (including phenoxy) is 1. The van der Waals surface area contributed by atoms with Gasteiger partial charge in [0.15, 0.2) is 0 Å². The summed E-state index contributed by atoms with van der Waals surface area (Å²) in [5, 5.41) is 10.5. The lowest BCUT2D eigenvalue weighted by Crippen LogP contribution is -2.01. The number of nitriles is 1. The Labute approximate surface area is 128 Å². The van der Waals surface area contributed by atoms with Gasteiger partial charge in [0.05, 0.1) is 19.1 Å². The third-order valence-corrected chi connectivity index (χ3v) is 3.70. The Kier molecular flexibility index (Phi) is 4.89. The first-order valence-corrected chi connectivity index (χ1v) is 6.87. The normalized spacial score (nSPS) is 11.7. The number of hydrogen-bond donors (Lipinski definition) is 0. The predicted molar refractivity (Wildman–Crippen MR) is 81.5 cm³/mol. The van der Waals surface area contributed by atoms with Gasteiger partial charge in [-0.25, -0.2) is 0 Å². The van der Waals surface area contributed by atoms with E-state index in [9.17, 15) is 5.26 Å². The number of hydrogen-bond acceptors (Lipinski definition) is 2. The van der Waals surface area contributed by atoms with E-state index in [4.69, 9.17) is 27.9 Å². The molecule has 0 aliphatic heterocycles. The average molecular weight is 306 g/mol. The van der Waals surface area contributed by atoms with Crippen LogP contribution >= 0.6 is 23.2 Å². The van der Waals surface area contributed by atoms with E-state index in [-0.39, 0.29) is 5.92 Å². The molecule has 0 amide bonds. The second-order valence-corrected chi connectivity index (χ2v) is 5.24. The quantitative estimate of drug-likeness (QED) is 0.808. The molecule has 4 heteroatoms. The van der Waals surface area contributed by atoms with Gasteiger partial charge in [0.25, 0.3) is 0 Å². The van der Waals surface area contributed by atoms with Crippen molar-refractivity contribution < 1.29 is 4.74 Å². The Morgan fingerprint density at radius 2 is 1.85 bits per heavy atom. The Bertz CT molecular complexity index is 632. The molecule has 1 atom stereocenters. The van der Waals surface area contributed by atoms with Crippen molar-refractivity contribution >= 4 is 23.2 Å². The summed E-state index contributed by atoms with van der Waals surface area (Å²) in [6.45, 7) is 0. The lowest BCUT2D eigenvalue weighted by atomic mass is 9.93. The first kappa shape index (κ1) is 14.7. The van der Waals surface area contributed by atoms with Crippen molar-refractivity contribution in [3.05, 3.63) is 63.6 Å². The van der Waals surface area contributed by atoms with Crippen LogP contribution in [0.25, 0.3) is 0 Å². The molecule has 0 radical (unpaired) electrons. The largest absolute Gasteiger partial charge is 0.497 e. The first-order chi connectivity index (χ1) is 9.63. The smallest absolute Gasteiger partial charge is 0.118 e. The SMILES string of the molecule is COc1ccc(C(C#N)Cc2ccc(Cl)cc2Cl)cc1. The molecular weight excluding hydrogens is 293 g/mol. The van der Waals surface area contributed by atoms with Crippen LogP contribution in [0.15, 0.2) is 42.5 Å². The predicted octanol–water partition coefficient (Wildman–Crippen LogP) is 4.85. The minimum absolute atomic E-state index is 0.250. The maximum atomic E-state index is 9.36. The number of benzene rings is 2. The van der Waals surface area contributed by atoms with Crippen LogP contribution in [0.2, 0.25) is 10.0 Å². The van der Waals surface area contributed by atoms with Crippen LogP contribution in [0.1, 0.15) is 17.0 Å². The van der Waals surface area contributed by atoms with Gasteiger partial charge in [-0.1, -0.05) is 41.4 Å². The van der Waals surface area contributed by atoms with Crippen LogP contribution in [-0.2, 0) is 6.42 Å². The summed E-state index contributed by atoms with van der Waals surface area (Å²) >= 11 is 12.0. The van der Waals surface area contributed by atoms with Gasteiger partial charge >= 0.3 is 0 Å². The average Bonchev–Trinajstić information content (AvgIpc) is 2.47. The van der Waals surface area contributed by atoms with Crippen LogP contribution in [0, 0.1) is 11.3 Å². The molecule has 0 saturated carbocycles. The molecule has 102 valence electrons. The molecular formula is C16H13Cl2NO. The van der Waals surface area contributed by atoms with Crippen molar-refractivity contribution in [2.45, 2.75) is 12.3 Å². The van der Waals surface area contributed by atoms with E-state index in [1.165, 1.54) is 0 Å². The maximum absolute atomic E-state index is 9.36. The minimum atomic E-state index is -0.250. The van der Waals surface area contributed by atoms with Crippen LogP contribution in [0.3, 0.4) is 0 Å². The highest BCUT2D eigenvalue weighted by Crippen LogP contribution is 2.28. The van der Waals surface area contributed by atoms with Crippen molar-refractivity contribution in [3.63, 3.8) is 0 Å². The van der Waals surface area contributed by atoms with Gasteiger partial charge in [0.2, 0.25) is 0 Å². The molecule has 0 saturated heterocycles. The third-order valence-electron chi connectivity index (χ3n) is 3.11. The van der Waals surface area contributed by atoms with Gasteiger partial charge in [-0.2, -0.15) is 5.26 Å². The van der Waals surface area contributed by atoms with E-state index in [1.807, 2.05) is 30.3 Å². The van der Waals surface area contributed by atoms with Crippen LogP contribution in [0.4, 0.5) is 0 Å². The first-order valence-electron chi connectivity index (χ1n) is 6.11. The van der Waals surface area contributed by atoms with Crippen molar-refractivity contribution in [1.82, 2.24) is 0 Å². The zero-order valence-corrected chi connectivity index (χ0v) is 12.4. The zero-order chi connectivity index (χ0) is 14.5. The summed E-state index contributed by atoms with van der Waals surface area (Å²) in [5.41, 5.74) is 1.86. The number of methoxy groups -OCH3 is 1. The van der Waals surface area contributed by atoms with E-state index in [1.54, 1.807) is 19.2 Å². The Hall–Kier alpha value is -1.69. The highest BCUT2D eigenvalue weighted by atomic mass is 35.5. The van der Waals surface area contributed by atoms with Crippen LogP contribution < -0.4 is 4.74 Å². The zero-order valence-electron chi connectivity index (χ0n) is 10.9. The molecule has 0 aromatic heterocycles. The molecule has 0 aliphatic rings. The Balaban J connectivity index is 2.22. The second-order valence-electron chi connectivity index (χ2n) is 4.39. The summed E-state index contributed by atoms with van der Waals surface area (Å²) in [7, 11) is 1.62. The van der Waals surface area contributed by atoms with E-state index < -0.39 is 0 Å². The summed E-state index contributed by atoms with van der Waals surface area (Å²) in [4.78, 5) is 0. The lowest BCUT2D eigenvalue weighted by molar-refractivity contribution is 0.414. The molecule has 2 rings (SSSR count). The lowest BCUT2D eigenvalue weighted by Gasteiger charge is -2.11. The monoisotopic (exact) mass is 305 g/mol. The van der Waals surface area contributed by atoms with E-state index >= 15 is 0 Å². The van der Waals surface area contributed by atoms with Gasteiger partial charge < -0.3 is 4.74 Å². The summed E-state index contributed by atoms with van der Waals surface area (Å²) < 4.78 is 5.11. The van der Waals surface area contributed by atoms with Gasteiger partial charge in [-0.15, -0.1) is 0 Å². The van der Waals surface area contributed by atoms with Crippen LogP contribution in [-0.4, -0.2) is 7.11 Å². The standard InChI is InChI=1S/C16H13Cl2NO/c1-20-15-6-3-11(4-7-15)13(10-19)8-12-2-5-14(17)9-16(12)18/h2-7,9,13H,8H2,1H3. The number of rotatable bonds is 4. The Morgan fingerprint density at radius 1 is 1.15 bits per heavy atom. The molecule has 0 spiro atoms. The van der Waals surface area contributed by atoms with Gasteiger partial charge in [0.1, 0.15) is 5.75 Å². The van der Waals surface area contributed by atoms with E-state index in [0.29, 0.717) is 16.5 Å². The highest BCUT2D eigenvalue weighted by molar-refractivity contribution is 6.35. The maximum Gasteiger partial charge on any atom is 0.118 e. The third kappa shape index (κ3) is 3.45. The fourth-order valence-corrected chi connectivity index (χ4v) is 2.47. The summed E-state index contributed by atoms with van der Waals surface area (Å²) in [6, 6.07) is 15.2. The second kappa shape index (κ2) is 6.65. The summed E-state index contributed by atoms with van der Waals surface area (Å²) in [5.74, 6) is 0.523. The fraction of sp³-hybridized carbons (Fsp3) is 0.188. The number of nitrogens with zero attached hydrogens (tertiary/aromatic N) is 1. The molecule has 0 heterocycles. The molecule has 0 N–H and O–H groups in total. The molecule has 20 heavy (non-hydrogen) atoms. The molecule has 2 aromatic carbocycles. The van der Waals surface area contributed by atoms with E-state index in [0.717, 1.165) is 16.9 Å². The minimum Gasteiger partial charge on any atom is -0.497 e. The molecule has 0 fully saturated rings. The van der Waals surface area contributed by atoms with Crippen LogP contribution in [0.5, 0.6) is 5.75 Å². The van der Waals surface area contributed by atoms with Gasteiger partial charge in [0, 0.05) is 10.0 Å². The van der Waals surface area contributed by atoms with Gasteiger partial charge in [-0.3, -0.25) is 0 Å². The van der Waals surface area contributed by atoms with Crippen molar-refractivity contribution in [3.8, 4) is 11.8 Å². The molecule has 2 aromatic rings. The number of halogens is 2. The Morgan fingerprint density at radius 3 is 2.40 bits per heavy atom. The molecule has 1 unspecified atom stereocenters. The topological polar surface area (TPSA) is 33.0 Å². The molecule has 0 bridgehead atoms. The molecule has 0 aliphatic carbocycles. The molecule has 2 nitrogen and oxygen atoms in total. The van der Waals surface area contributed by atoms with Gasteiger partial charge in [-0.05, 0) is 41.8 Å². The van der Waals surface area contributed by atoms with Crippen molar-refractivity contribution in [1.29, 1.82) is 5.26 Å². The summed E-state index contributed by atoms with van der Waals surface area (Å²) in [6.07, 6.45) is 0.554. The van der Waals surface area contributed by atoms with Crippen molar-refractivity contribution in [2.24, 2.45) is 0 Å². The fourth-order valence-electron chi connectivity index (χ4n) is 1.98. The van der Waals surface area contributed by atoms with Crippen molar-refractivity contribution in [2.75, 3.05) is 7.11 Å². The van der Waals surface area contributed by atoms with E-state index in [2.05, 4.69) is 6.07 Å². The highest BCUT2D eigenvalue weighted by Gasteiger charge is 2.13.